The van der Waals surface area contributed by atoms with Crippen molar-refractivity contribution in [3.8, 4) is 5.75 Å². The number of carbonyl (C=O) groups excluding carboxylic acids is 1. The van der Waals surface area contributed by atoms with E-state index in [0.717, 1.165) is 5.00 Å². The Kier molecular flexibility index (Phi) is 4.34. The van der Waals surface area contributed by atoms with E-state index in [1.807, 2.05) is 20.8 Å². The zero-order valence-electron chi connectivity index (χ0n) is 11.8. The van der Waals surface area contributed by atoms with Crippen LogP contribution in [0.1, 0.15) is 56.1 Å². The number of nitrogens with two attached hydrogens (primary N) is 1. The molecule has 106 valence electrons. The van der Waals surface area contributed by atoms with E-state index >= 15 is 0 Å². The van der Waals surface area contributed by atoms with Gasteiger partial charge in [0, 0.05) is 12.5 Å². The lowest BCUT2D eigenvalue weighted by molar-refractivity contribution is 0.0992. The molecule has 0 amide bonds. The molecule has 1 aliphatic carbocycles. The predicted octanol–water partition coefficient (Wildman–Crippen LogP) is 3.67. The molecule has 0 aliphatic heterocycles. The Labute approximate surface area is 118 Å². The Morgan fingerprint density at radius 1 is 1.53 bits per heavy atom. The topological polar surface area (TPSA) is 64.3 Å². The van der Waals surface area contributed by atoms with Gasteiger partial charge in [0.1, 0.15) is 5.00 Å². The minimum atomic E-state index is 0.0448. The fourth-order valence-corrected chi connectivity index (χ4v) is 3.12. The van der Waals surface area contributed by atoms with Crippen molar-refractivity contribution < 1.29 is 9.53 Å². The number of Topliss-reactive ketones (excluding diaryl/α,β-unsaturated/α-hetero) is 1. The van der Waals surface area contributed by atoms with Gasteiger partial charge in [0.2, 0.25) is 0 Å². The summed E-state index contributed by atoms with van der Waals surface area (Å²) in [5, 5.41) is 4.36. The smallest absolute Gasteiger partial charge is 0.177 e. The van der Waals surface area contributed by atoms with E-state index in [4.69, 9.17) is 10.5 Å². The van der Waals surface area contributed by atoms with E-state index in [2.05, 4.69) is 5.32 Å². The van der Waals surface area contributed by atoms with Gasteiger partial charge in [-0.05, 0) is 33.1 Å². The monoisotopic (exact) mass is 282 g/mol. The van der Waals surface area contributed by atoms with Gasteiger partial charge in [0.15, 0.2) is 11.5 Å². The van der Waals surface area contributed by atoms with E-state index in [1.165, 1.54) is 30.6 Å². The second-order valence-electron chi connectivity index (χ2n) is 5.22. The maximum Gasteiger partial charge on any atom is 0.177 e. The SMILES string of the molecule is CCC(=O)c1sc(NC2CCC2)c(OC(C)C)c1N. The van der Waals surface area contributed by atoms with Gasteiger partial charge in [-0.15, -0.1) is 11.3 Å². The van der Waals surface area contributed by atoms with Crippen molar-refractivity contribution in [1.29, 1.82) is 0 Å². The Hall–Kier alpha value is -1.23. The standard InChI is InChI=1S/C14H22N2O2S/c1-4-10(17)13-11(15)12(18-8(2)3)14(19-13)16-9-6-5-7-9/h8-9,16H,4-7,15H2,1-3H3. The number of thiophene rings is 1. The van der Waals surface area contributed by atoms with E-state index in [9.17, 15) is 4.79 Å². The number of anilines is 2. The number of ketones is 1. The molecule has 0 saturated heterocycles. The molecule has 1 heterocycles. The highest BCUT2D eigenvalue weighted by molar-refractivity contribution is 7.19. The second kappa shape index (κ2) is 5.82. The number of nitrogens with one attached hydrogen (secondary N) is 1. The van der Waals surface area contributed by atoms with Crippen molar-refractivity contribution in [1.82, 2.24) is 0 Å². The molecule has 1 aromatic rings. The van der Waals surface area contributed by atoms with Crippen LogP contribution in [0, 0.1) is 0 Å². The number of hydrogen-bond donors (Lipinski definition) is 2. The Bertz CT molecular complexity index is 464. The Morgan fingerprint density at radius 2 is 2.21 bits per heavy atom. The summed E-state index contributed by atoms with van der Waals surface area (Å²) in [4.78, 5) is 12.5. The van der Waals surface area contributed by atoms with Gasteiger partial charge in [-0.3, -0.25) is 4.79 Å². The molecule has 0 aromatic carbocycles. The van der Waals surface area contributed by atoms with Crippen molar-refractivity contribution >= 4 is 27.8 Å². The van der Waals surface area contributed by atoms with Crippen LogP contribution in [0.4, 0.5) is 10.7 Å². The summed E-state index contributed by atoms with van der Waals surface area (Å²) in [5.74, 6) is 0.737. The highest BCUT2D eigenvalue weighted by atomic mass is 32.1. The van der Waals surface area contributed by atoms with Crippen LogP contribution in [0.3, 0.4) is 0 Å². The van der Waals surface area contributed by atoms with Crippen LogP contribution in [-0.2, 0) is 0 Å². The minimum absolute atomic E-state index is 0.0448. The normalized spacial score (nSPS) is 15.4. The molecular formula is C14H22N2O2S. The average Bonchev–Trinajstić information content (AvgIpc) is 2.60. The molecule has 1 aromatic heterocycles. The molecule has 0 radical (unpaired) electrons. The molecule has 3 N–H and O–H groups in total. The molecule has 5 heteroatoms. The first-order valence-electron chi connectivity index (χ1n) is 6.91. The fraction of sp³-hybridized carbons (Fsp3) is 0.643. The molecule has 2 rings (SSSR count). The van der Waals surface area contributed by atoms with Crippen molar-refractivity contribution in [2.24, 2.45) is 0 Å². The second-order valence-corrected chi connectivity index (χ2v) is 6.24. The number of ether oxygens (including phenoxy) is 1. The zero-order chi connectivity index (χ0) is 14.0. The summed E-state index contributed by atoms with van der Waals surface area (Å²) in [6.07, 6.45) is 4.13. The Morgan fingerprint density at radius 3 is 2.68 bits per heavy atom. The first-order valence-corrected chi connectivity index (χ1v) is 7.73. The molecule has 0 bridgehead atoms. The fourth-order valence-electron chi connectivity index (χ4n) is 1.98. The van der Waals surface area contributed by atoms with Crippen LogP contribution >= 0.6 is 11.3 Å². The van der Waals surface area contributed by atoms with Crippen molar-refractivity contribution in [3.63, 3.8) is 0 Å². The van der Waals surface area contributed by atoms with Crippen molar-refractivity contribution in [2.45, 2.75) is 58.6 Å². The highest BCUT2D eigenvalue weighted by Gasteiger charge is 2.25. The molecule has 4 nitrogen and oxygen atoms in total. The summed E-state index contributed by atoms with van der Waals surface area (Å²) in [6, 6.07) is 0.497. The lowest BCUT2D eigenvalue weighted by Gasteiger charge is -2.27. The summed E-state index contributed by atoms with van der Waals surface area (Å²) in [6.45, 7) is 5.78. The van der Waals surface area contributed by atoms with Gasteiger partial charge in [0.25, 0.3) is 0 Å². The molecule has 1 saturated carbocycles. The molecule has 0 atom stereocenters. The van der Waals surface area contributed by atoms with Crippen LogP contribution in [0.15, 0.2) is 0 Å². The van der Waals surface area contributed by atoms with E-state index in [0.29, 0.717) is 28.8 Å². The number of nitrogen functional groups attached to an aromatic ring is 1. The van der Waals surface area contributed by atoms with Gasteiger partial charge in [0.05, 0.1) is 16.7 Å². The maximum absolute atomic E-state index is 11.9. The van der Waals surface area contributed by atoms with E-state index < -0.39 is 0 Å². The molecule has 19 heavy (non-hydrogen) atoms. The molecule has 1 fully saturated rings. The Balaban J connectivity index is 2.29. The van der Waals surface area contributed by atoms with Gasteiger partial charge >= 0.3 is 0 Å². The predicted molar refractivity (Wildman–Crippen MR) is 80.4 cm³/mol. The molecule has 0 spiro atoms. The summed E-state index contributed by atoms with van der Waals surface area (Å²) >= 11 is 1.43. The number of carbonyl (C=O) groups is 1. The quantitative estimate of drug-likeness (QED) is 0.781. The molecule has 0 unspecified atom stereocenters. The lowest BCUT2D eigenvalue weighted by atomic mass is 9.93. The third-order valence-corrected chi connectivity index (χ3v) is 4.43. The molecule has 1 aliphatic rings. The first-order chi connectivity index (χ1) is 9.02. The third kappa shape index (κ3) is 3.03. The summed E-state index contributed by atoms with van der Waals surface area (Å²) in [5.41, 5.74) is 6.58. The van der Waals surface area contributed by atoms with Crippen molar-refractivity contribution in [3.05, 3.63) is 4.88 Å². The lowest BCUT2D eigenvalue weighted by Crippen LogP contribution is -2.26. The highest BCUT2D eigenvalue weighted by Crippen LogP contribution is 2.45. The van der Waals surface area contributed by atoms with Crippen LogP contribution < -0.4 is 15.8 Å². The van der Waals surface area contributed by atoms with Crippen LogP contribution in [0.25, 0.3) is 0 Å². The van der Waals surface area contributed by atoms with Gasteiger partial charge in [-0.1, -0.05) is 6.92 Å². The minimum Gasteiger partial charge on any atom is -0.486 e. The van der Waals surface area contributed by atoms with Gasteiger partial charge in [-0.2, -0.15) is 0 Å². The first kappa shape index (κ1) is 14.2. The van der Waals surface area contributed by atoms with E-state index in [1.54, 1.807) is 0 Å². The number of hydrogen-bond acceptors (Lipinski definition) is 5. The van der Waals surface area contributed by atoms with Crippen molar-refractivity contribution in [2.75, 3.05) is 11.1 Å². The van der Waals surface area contributed by atoms with Crippen LogP contribution in [0.5, 0.6) is 5.75 Å². The van der Waals surface area contributed by atoms with Crippen LogP contribution in [-0.4, -0.2) is 17.9 Å². The average molecular weight is 282 g/mol. The zero-order valence-corrected chi connectivity index (χ0v) is 12.6. The maximum atomic E-state index is 11.9. The van der Waals surface area contributed by atoms with Gasteiger partial charge in [-0.25, -0.2) is 0 Å². The van der Waals surface area contributed by atoms with Crippen LogP contribution in [0.2, 0.25) is 0 Å². The summed E-state index contributed by atoms with van der Waals surface area (Å²) in [7, 11) is 0. The molecular weight excluding hydrogens is 260 g/mol. The van der Waals surface area contributed by atoms with E-state index in [-0.39, 0.29) is 11.9 Å². The van der Waals surface area contributed by atoms with Gasteiger partial charge < -0.3 is 15.8 Å². The summed E-state index contributed by atoms with van der Waals surface area (Å²) < 4.78 is 5.79. The third-order valence-electron chi connectivity index (χ3n) is 3.27. The largest absolute Gasteiger partial charge is 0.486 e. The number of rotatable bonds is 6.